The summed E-state index contributed by atoms with van der Waals surface area (Å²) in [6, 6.07) is 11.6. The second kappa shape index (κ2) is 6.86. The van der Waals surface area contributed by atoms with Crippen molar-refractivity contribution in [1.82, 2.24) is 4.98 Å². The smallest absolute Gasteiger partial charge is 0.348 e. The van der Waals surface area contributed by atoms with E-state index in [4.69, 9.17) is 9.92 Å². The summed E-state index contributed by atoms with van der Waals surface area (Å²) in [4.78, 5) is 3.95. The van der Waals surface area contributed by atoms with Gasteiger partial charge in [-0.2, -0.15) is 8.42 Å². The number of rotatable bonds is 5. The van der Waals surface area contributed by atoms with Gasteiger partial charge in [-0.1, -0.05) is 18.2 Å². The number of anilines is 1. The molecule has 3 rings (SSSR count). The van der Waals surface area contributed by atoms with Gasteiger partial charge < -0.3 is 9.92 Å². The molecule has 5 nitrogen and oxygen atoms in total. The van der Waals surface area contributed by atoms with E-state index < -0.39 is 10.1 Å². The summed E-state index contributed by atoms with van der Waals surface area (Å²) in [5, 5.41) is 1.68. The number of nitrogen functional groups attached to an aromatic ring is 1. The molecule has 0 radical (unpaired) electrons. The molecular formula is C17H14N2O3S2. The largest absolute Gasteiger partial charge is 0.398 e. The molecule has 0 atom stereocenters. The van der Waals surface area contributed by atoms with Crippen molar-refractivity contribution in [1.29, 1.82) is 0 Å². The minimum atomic E-state index is -3.82. The van der Waals surface area contributed by atoms with Crippen LogP contribution in [-0.4, -0.2) is 13.4 Å². The van der Waals surface area contributed by atoms with Crippen LogP contribution < -0.4 is 9.92 Å². The molecule has 2 N–H and O–H groups in total. The number of nitrogens with zero attached hydrogens (tertiary/aromatic N) is 1. The van der Waals surface area contributed by atoms with E-state index >= 15 is 0 Å². The lowest BCUT2D eigenvalue weighted by atomic mass is 10.1. The van der Waals surface area contributed by atoms with E-state index in [-0.39, 0.29) is 9.96 Å². The number of thiophene rings is 1. The second-order valence-corrected chi connectivity index (χ2v) is 7.60. The molecule has 0 bridgehead atoms. The summed E-state index contributed by atoms with van der Waals surface area (Å²) >= 11 is 1.11. The topological polar surface area (TPSA) is 82.3 Å². The monoisotopic (exact) mass is 358 g/mol. The quantitative estimate of drug-likeness (QED) is 0.556. The van der Waals surface area contributed by atoms with Gasteiger partial charge >= 0.3 is 10.1 Å². The first-order chi connectivity index (χ1) is 11.5. The first-order valence-corrected chi connectivity index (χ1v) is 9.29. The molecule has 2 heterocycles. The van der Waals surface area contributed by atoms with Crippen LogP contribution in [0.1, 0.15) is 11.1 Å². The van der Waals surface area contributed by atoms with Crippen molar-refractivity contribution in [3.8, 4) is 5.75 Å². The van der Waals surface area contributed by atoms with Crippen molar-refractivity contribution in [2.75, 3.05) is 5.73 Å². The molecule has 3 aromatic rings. The highest BCUT2D eigenvalue weighted by molar-refractivity contribution is 7.89. The Morgan fingerprint density at radius 2 is 1.88 bits per heavy atom. The summed E-state index contributed by atoms with van der Waals surface area (Å²) in [5.74, 6) is 0.215. The minimum absolute atomic E-state index is 0.160. The third kappa shape index (κ3) is 3.81. The Labute approximate surface area is 144 Å². The average Bonchev–Trinajstić information content (AvgIpc) is 3.12. The van der Waals surface area contributed by atoms with Gasteiger partial charge in [0.25, 0.3) is 0 Å². The number of benzene rings is 1. The molecule has 0 unspecified atom stereocenters. The van der Waals surface area contributed by atoms with Crippen LogP contribution in [-0.2, 0) is 10.1 Å². The van der Waals surface area contributed by atoms with E-state index in [2.05, 4.69) is 4.98 Å². The lowest BCUT2D eigenvalue weighted by molar-refractivity contribution is 0.488. The van der Waals surface area contributed by atoms with Gasteiger partial charge in [0.2, 0.25) is 0 Å². The minimum Gasteiger partial charge on any atom is -0.398 e. The van der Waals surface area contributed by atoms with Crippen LogP contribution in [0.2, 0.25) is 0 Å². The zero-order chi connectivity index (χ0) is 17.0. The standard InChI is InChI=1S/C17H14N2O3S2/c18-16-6-5-15(22-24(20,21)17-2-1-11-23-17)12-14(16)4-3-13-7-9-19-10-8-13/h1-12H,18H2. The highest BCUT2D eigenvalue weighted by atomic mass is 32.3. The van der Waals surface area contributed by atoms with Crippen molar-refractivity contribution in [2.45, 2.75) is 4.21 Å². The Hall–Kier alpha value is -2.64. The summed E-state index contributed by atoms with van der Waals surface area (Å²) in [5.41, 5.74) is 8.11. The van der Waals surface area contributed by atoms with Crippen molar-refractivity contribution in [3.63, 3.8) is 0 Å². The summed E-state index contributed by atoms with van der Waals surface area (Å²) < 4.78 is 29.7. The maximum Gasteiger partial charge on any atom is 0.348 e. The van der Waals surface area contributed by atoms with E-state index in [0.29, 0.717) is 11.3 Å². The number of aromatic nitrogens is 1. The van der Waals surface area contributed by atoms with Crippen LogP contribution >= 0.6 is 11.3 Å². The summed E-state index contributed by atoms with van der Waals surface area (Å²) in [6.07, 6.45) is 7.05. The van der Waals surface area contributed by atoms with Crippen LogP contribution in [0.5, 0.6) is 5.75 Å². The molecule has 0 fully saturated rings. The zero-order valence-electron chi connectivity index (χ0n) is 12.5. The van der Waals surface area contributed by atoms with Gasteiger partial charge in [0.05, 0.1) is 0 Å². The van der Waals surface area contributed by atoms with Gasteiger partial charge in [-0.25, -0.2) is 0 Å². The van der Waals surface area contributed by atoms with E-state index in [1.807, 2.05) is 18.2 Å². The molecule has 0 saturated carbocycles. The van der Waals surface area contributed by atoms with Gasteiger partial charge in [-0.05, 0) is 47.3 Å². The highest BCUT2D eigenvalue weighted by Gasteiger charge is 2.17. The SMILES string of the molecule is Nc1ccc(OS(=O)(=O)c2cccs2)cc1C=Cc1ccncc1. The maximum atomic E-state index is 12.2. The van der Waals surface area contributed by atoms with E-state index in [1.54, 1.807) is 42.0 Å². The third-order valence-corrected chi connectivity index (χ3v) is 5.77. The molecule has 2 aromatic heterocycles. The van der Waals surface area contributed by atoms with Crippen molar-refractivity contribution >= 4 is 39.3 Å². The molecule has 7 heteroatoms. The predicted molar refractivity (Wildman–Crippen MR) is 96.2 cm³/mol. The van der Waals surface area contributed by atoms with Gasteiger partial charge in [0.1, 0.15) is 5.75 Å². The molecule has 0 aliphatic carbocycles. The molecular weight excluding hydrogens is 344 g/mol. The summed E-state index contributed by atoms with van der Waals surface area (Å²) in [7, 11) is -3.82. The third-order valence-electron chi connectivity index (χ3n) is 3.17. The van der Waals surface area contributed by atoms with E-state index in [1.165, 1.54) is 12.1 Å². The lowest BCUT2D eigenvalue weighted by Gasteiger charge is -2.07. The number of hydrogen-bond donors (Lipinski definition) is 1. The predicted octanol–water partition coefficient (Wildman–Crippen LogP) is 3.66. The molecule has 0 aliphatic heterocycles. The Kier molecular flexibility index (Phi) is 4.64. The number of hydrogen-bond acceptors (Lipinski definition) is 6. The zero-order valence-corrected chi connectivity index (χ0v) is 14.1. The highest BCUT2D eigenvalue weighted by Crippen LogP contribution is 2.26. The second-order valence-electron chi connectivity index (χ2n) is 4.87. The van der Waals surface area contributed by atoms with E-state index in [0.717, 1.165) is 16.9 Å². The van der Waals surface area contributed by atoms with Crippen LogP contribution in [0.3, 0.4) is 0 Å². The molecule has 0 spiro atoms. The maximum absolute atomic E-state index is 12.2. The Morgan fingerprint density at radius 3 is 2.58 bits per heavy atom. The van der Waals surface area contributed by atoms with Gasteiger partial charge in [0.15, 0.2) is 4.21 Å². The van der Waals surface area contributed by atoms with Crippen LogP contribution in [0.15, 0.2) is 64.4 Å². The molecule has 0 aliphatic rings. The van der Waals surface area contributed by atoms with Gasteiger partial charge in [-0.15, -0.1) is 11.3 Å². The number of pyridine rings is 1. The van der Waals surface area contributed by atoms with Gasteiger partial charge in [-0.3, -0.25) is 4.98 Å². The van der Waals surface area contributed by atoms with Crippen molar-refractivity contribution in [3.05, 3.63) is 71.4 Å². The van der Waals surface area contributed by atoms with E-state index in [9.17, 15) is 8.42 Å². The Balaban J connectivity index is 1.85. The molecule has 1 aromatic carbocycles. The van der Waals surface area contributed by atoms with Crippen molar-refractivity contribution in [2.24, 2.45) is 0 Å². The molecule has 0 amide bonds. The Morgan fingerprint density at radius 1 is 1.08 bits per heavy atom. The lowest BCUT2D eigenvalue weighted by Crippen LogP contribution is -2.08. The van der Waals surface area contributed by atoms with Gasteiger partial charge in [0, 0.05) is 23.6 Å². The fourth-order valence-corrected chi connectivity index (χ4v) is 3.86. The van der Waals surface area contributed by atoms with Crippen LogP contribution in [0, 0.1) is 0 Å². The fraction of sp³-hybridized carbons (Fsp3) is 0. The molecule has 24 heavy (non-hydrogen) atoms. The average molecular weight is 358 g/mol. The molecule has 0 saturated heterocycles. The van der Waals surface area contributed by atoms with Crippen molar-refractivity contribution < 1.29 is 12.6 Å². The van der Waals surface area contributed by atoms with Crippen LogP contribution in [0.25, 0.3) is 12.2 Å². The first-order valence-electron chi connectivity index (χ1n) is 7.00. The number of nitrogens with two attached hydrogens (primary N) is 1. The first kappa shape index (κ1) is 16.2. The Bertz CT molecular complexity index is 951. The summed E-state index contributed by atoms with van der Waals surface area (Å²) in [6.45, 7) is 0. The fourth-order valence-electron chi connectivity index (χ4n) is 1.98. The normalized spacial score (nSPS) is 11.7. The van der Waals surface area contributed by atoms with Crippen LogP contribution in [0.4, 0.5) is 5.69 Å². The molecule has 122 valence electrons.